The molecule has 0 amide bonds. The molecule has 1 rings (SSSR count). The average molecular weight is 264 g/mol. The summed E-state index contributed by atoms with van der Waals surface area (Å²) in [7, 11) is 6.32. The van der Waals surface area contributed by atoms with Crippen molar-refractivity contribution < 1.29 is 5.11 Å². The first-order valence-corrected chi connectivity index (χ1v) is 7.07. The van der Waals surface area contributed by atoms with E-state index >= 15 is 0 Å². The minimum Gasteiger partial charge on any atom is -0.388 e. The number of aryl methyl sites for hydroxylation is 1. The van der Waals surface area contributed by atoms with Gasteiger partial charge in [0.25, 0.3) is 0 Å². The molecule has 0 heterocycles. The number of hydrogen-bond acceptors (Lipinski definition) is 3. The second-order valence-electron chi connectivity index (χ2n) is 5.62. The zero-order chi connectivity index (χ0) is 14.3. The van der Waals surface area contributed by atoms with Crippen LogP contribution in [-0.2, 0) is 0 Å². The van der Waals surface area contributed by atoms with Gasteiger partial charge in [-0.25, -0.2) is 0 Å². The van der Waals surface area contributed by atoms with E-state index in [1.54, 1.807) is 0 Å². The molecule has 0 aliphatic carbocycles. The van der Waals surface area contributed by atoms with Gasteiger partial charge in [0.05, 0.1) is 6.10 Å². The smallest absolute Gasteiger partial charge is 0.0804 e. The van der Waals surface area contributed by atoms with Crippen LogP contribution in [0.25, 0.3) is 0 Å². The fraction of sp³-hybridized carbons (Fsp3) is 0.625. The van der Waals surface area contributed by atoms with Gasteiger partial charge in [0.2, 0.25) is 0 Å². The van der Waals surface area contributed by atoms with Gasteiger partial charge >= 0.3 is 0 Å². The Morgan fingerprint density at radius 2 is 1.74 bits per heavy atom. The van der Waals surface area contributed by atoms with Crippen LogP contribution in [0.2, 0.25) is 0 Å². The third-order valence-corrected chi connectivity index (χ3v) is 3.48. The molecule has 0 bridgehead atoms. The summed E-state index contributed by atoms with van der Waals surface area (Å²) in [5.74, 6) is 0. The topological polar surface area (TPSA) is 26.7 Å². The largest absolute Gasteiger partial charge is 0.388 e. The van der Waals surface area contributed by atoms with E-state index < -0.39 is 0 Å². The first-order chi connectivity index (χ1) is 9.00. The maximum absolute atomic E-state index is 10.2. The molecular formula is C16H28N2O. The Morgan fingerprint density at radius 1 is 1.05 bits per heavy atom. The lowest BCUT2D eigenvalue weighted by atomic mass is 10.0. The molecule has 0 saturated heterocycles. The summed E-state index contributed by atoms with van der Waals surface area (Å²) in [6.45, 7) is 5.19. The highest BCUT2D eigenvalue weighted by molar-refractivity contribution is 5.27. The SMILES string of the molecule is Cc1ccccc1C(O)CCN(C)CCCN(C)C. The van der Waals surface area contributed by atoms with Gasteiger partial charge in [-0.2, -0.15) is 0 Å². The zero-order valence-electron chi connectivity index (χ0n) is 12.8. The molecule has 0 aliphatic heterocycles. The Balaban J connectivity index is 2.30. The van der Waals surface area contributed by atoms with Gasteiger partial charge in [-0.3, -0.25) is 0 Å². The van der Waals surface area contributed by atoms with Crippen LogP contribution < -0.4 is 0 Å². The molecule has 1 unspecified atom stereocenters. The van der Waals surface area contributed by atoms with Crippen molar-refractivity contribution in [1.82, 2.24) is 9.80 Å². The van der Waals surface area contributed by atoms with Crippen LogP contribution in [0.3, 0.4) is 0 Å². The molecule has 0 saturated carbocycles. The van der Waals surface area contributed by atoms with Crippen molar-refractivity contribution >= 4 is 0 Å². The van der Waals surface area contributed by atoms with Crippen LogP contribution in [0.15, 0.2) is 24.3 Å². The van der Waals surface area contributed by atoms with Gasteiger partial charge in [0.1, 0.15) is 0 Å². The number of aliphatic hydroxyl groups is 1. The first kappa shape index (κ1) is 16.2. The van der Waals surface area contributed by atoms with E-state index in [2.05, 4.69) is 43.9 Å². The fourth-order valence-corrected chi connectivity index (χ4v) is 2.23. The summed E-state index contributed by atoms with van der Waals surface area (Å²) in [4.78, 5) is 4.50. The van der Waals surface area contributed by atoms with Crippen molar-refractivity contribution in [2.75, 3.05) is 40.8 Å². The van der Waals surface area contributed by atoms with E-state index in [0.717, 1.165) is 31.6 Å². The Morgan fingerprint density at radius 3 is 2.37 bits per heavy atom. The Bertz CT molecular complexity index is 366. The van der Waals surface area contributed by atoms with Crippen molar-refractivity contribution in [3.05, 3.63) is 35.4 Å². The maximum Gasteiger partial charge on any atom is 0.0804 e. The highest BCUT2D eigenvalue weighted by atomic mass is 16.3. The molecule has 108 valence electrons. The quantitative estimate of drug-likeness (QED) is 0.780. The fourth-order valence-electron chi connectivity index (χ4n) is 2.23. The normalized spacial score (nSPS) is 13.2. The third kappa shape index (κ3) is 6.19. The van der Waals surface area contributed by atoms with Crippen molar-refractivity contribution in [2.24, 2.45) is 0 Å². The molecule has 3 heteroatoms. The molecule has 1 aromatic rings. The van der Waals surface area contributed by atoms with E-state index in [0.29, 0.717) is 0 Å². The molecule has 0 radical (unpaired) electrons. The number of hydrogen-bond donors (Lipinski definition) is 1. The lowest BCUT2D eigenvalue weighted by molar-refractivity contribution is 0.147. The van der Waals surface area contributed by atoms with Gasteiger partial charge in [0.15, 0.2) is 0 Å². The van der Waals surface area contributed by atoms with E-state index in [4.69, 9.17) is 0 Å². The van der Waals surface area contributed by atoms with Crippen molar-refractivity contribution in [2.45, 2.75) is 25.9 Å². The third-order valence-electron chi connectivity index (χ3n) is 3.48. The highest BCUT2D eigenvalue weighted by Gasteiger charge is 2.10. The second-order valence-corrected chi connectivity index (χ2v) is 5.62. The van der Waals surface area contributed by atoms with Crippen LogP contribution in [-0.4, -0.2) is 55.7 Å². The molecular weight excluding hydrogens is 236 g/mol. The molecule has 1 N–H and O–H groups in total. The van der Waals surface area contributed by atoms with E-state index in [9.17, 15) is 5.11 Å². The van der Waals surface area contributed by atoms with Crippen LogP contribution in [0.4, 0.5) is 0 Å². The van der Waals surface area contributed by atoms with Crippen LogP contribution >= 0.6 is 0 Å². The summed E-state index contributed by atoms with van der Waals surface area (Å²) < 4.78 is 0. The molecule has 0 aliphatic rings. The molecule has 1 aromatic carbocycles. The summed E-state index contributed by atoms with van der Waals surface area (Å²) in [6.07, 6.45) is 1.62. The van der Waals surface area contributed by atoms with E-state index in [-0.39, 0.29) is 6.10 Å². The minimum absolute atomic E-state index is 0.350. The van der Waals surface area contributed by atoms with Gasteiger partial charge < -0.3 is 14.9 Å². The average Bonchev–Trinajstić information content (AvgIpc) is 2.36. The molecule has 1 atom stereocenters. The Hall–Kier alpha value is -0.900. The molecule has 19 heavy (non-hydrogen) atoms. The first-order valence-electron chi connectivity index (χ1n) is 7.07. The van der Waals surface area contributed by atoms with E-state index in [1.165, 1.54) is 12.0 Å². The van der Waals surface area contributed by atoms with E-state index in [1.807, 2.05) is 18.2 Å². The summed E-state index contributed by atoms with van der Waals surface area (Å²) in [6, 6.07) is 8.08. The predicted octanol–water partition coefficient (Wildman–Crippen LogP) is 2.30. The highest BCUT2D eigenvalue weighted by Crippen LogP contribution is 2.20. The molecule has 0 aromatic heterocycles. The minimum atomic E-state index is -0.350. The molecule has 3 nitrogen and oxygen atoms in total. The number of aliphatic hydroxyl groups excluding tert-OH is 1. The summed E-state index contributed by atoms with van der Waals surface area (Å²) in [5.41, 5.74) is 2.23. The van der Waals surface area contributed by atoms with Crippen molar-refractivity contribution in [3.8, 4) is 0 Å². The standard InChI is InChI=1S/C16H28N2O/c1-14-8-5-6-9-15(14)16(19)10-13-18(4)12-7-11-17(2)3/h5-6,8-9,16,19H,7,10-13H2,1-4H3. The van der Waals surface area contributed by atoms with Gasteiger partial charge in [-0.1, -0.05) is 24.3 Å². The Kier molecular flexibility index (Phi) is 7.06. The number of benzene rings is 1. The van der Waals surface area contributed by atoms with Crippen LogP contribution in [0.1, 0.15) is 30.1 Å². The monoisotopic (exact) mass is 264 g/mol. The van der Waals surface area contributed by atoms with Gasteiger partial charge in [-0.05, 0) is 65.1 Å². The molecule has 0 spiro atoms. The van der Waals surface area contributed by atoms with Crippen molar-refractivity contribution in [3.63, 3.8) is 0 Å². The predicted molar refractivity (Wildman–Crippen MR) is 81.4 cm³/mol. The maximum atomic E-state index is 10.2. The summed E-state index contributed by atoms with van der Waals surface area (Å²) >= 11 is 0. The number of nitrogens with zero attached hydrogens (tertiary/aromatic N) is 2. The second kappa shape index (κ2) is 8.31. The van der Waals surface area contributed by atoms with Gasteiger partial charge in [-0.15, -0.1) is 0 Å². The zero-order valence-corrected chi connectivity index (χ0v) is 12.8. The van der Waals surface area contributed by atoms with Crippen molar-refractivity contribution in [1.29, 1.82) is 0 Å². The lowest BCUT2D eigenvalue weighted by Gasteiger charge is -2.20. The summed E-state index contributed by atoms with van der Waals surface area (Å²) in [5, 5.41) is 10.2. The van der Waals surface area contributed by atoms with Crippen LogP contribution in [0, 0.1) is 6.92 Å². The lowest BCUT2D eigenvalue weighted by Crippen LogP contribution is -2.25. The van der Waals surface area contributed by atoms with Crippen LogP contribution in [0.5, 0.6) is 0 Å². The van der Waals surface area contributed by atoms with Gasteiger partial charge in [0, 0.05) is 6.54 Å². The molecule has 0 fully saturated rings. The number of rotatable bonds is 8. The Labute approximate surface area is 117 Å².